The second kappa shape index (κ2) is 7.49. The fourth-order valence-corrected chi connectivity index (χ4v) is 2.29. The number of unbranched alkanes of at least 4 members (excludes halogenated alkanes) is 2. The molecule has 1 unspecified atom stereocenters. The number of hydrogen-bond acceptors (Lipinski definition) is 2. The number of benzene rings is 1. The summed E-state index contributed by atoms with van der Waals surface area (Å²) in [4.78, 5) is 17.8. The molecule has 100 valence electrons. The third-order valence-corrected chi connectivity index (χ3v) is 3.09. The van der Waals surface area contributed by atoms with Gasteiger partial charge in [-0.1, -0.05) is 42.8 Å². The van der Waals surface area contributed by atoms with Crippen LogP contribution in [0.2, 0.25) is 0 Å². The third-order valence-electron chi connectivity index (χ3n) is 2.56. The molecule has 1 atom stereocenters. The highest BCUT2D eigenvalue weighted by Crippen LogP contribution is 2.43. The first-order chi connectivity index (χ1) is 8.53. The van der Waals surface area contributed by atoms with Gasteiger partial charge in [-0.15, -0.1) is 6.58 Å². The van der Waals surface area contributed by atoms with Crippen molar-refractivity contribution in [2.45, 2.75) is 31.8 Å². The summed E-state index contributed by atoms with van der Waals surface area (Å²) in [6, 6.07) is 9.14. The number of phosphoric ester groups is 1. The quantitative estimate of drug-likeness (QED) is 0.430. The van der Waals surface area contributed by atoms with Crippen molar-refractivity contribution >= 4 is 7.82 Å². The van der Waals surface area contributed by atoms with E-state index in [0.29, 0.717) is 6.42 Å². The second-order valence-electron chi connectivity index (χ2n) is 4.07. The van der Waals surface area contributed by atoms with Crippen LogP contribution >= 0.6 is 7.82 Å². The van der Waals surface area contributed by atoms with Crippen molar-refractivity contribution in [2.75, 3.05) is 0 Å². The maximum atomic E-state index is 11.0. The van der Waals surface area contributed by atoms with Crippen molar-refractivity contribution < 1.29 is 18.9 Å². The van der Waals surface area contributed by atoms with E-state index in [1.807, 2.05) is 36.4 Å². The number of hydrogen-bond donors (Lipinski definition) is 2. The van der Waals surface area contributed by atoms with Crippen molar-refractivity contribution in [1.29, 1.82) is 0 Å². The molecule has 0 fully saturated rings. The maximum Gasteiger partial charge on any atom is 0.470 e. The standard InChI is InChI=1S/C13H19O4P/c1-2-3-4-8-11-13(17-18(14,15)16)12-9-6-5-7-10-12/h2,5-7,9-10,13H,1,3-4,8,11H2,(H2,14,15,16). The maximum absolute atomic E-state index is 11.0. The van der Waals surface area contributed by atoms with Gasteiger partial charge in [0.2, 0.25) is 0 Å². The summed E-state index contributed by atoms with van der Waals surface area (Å²) in [5, 5.41) is 0. The van der Waals surface area contributed by atoms with E-state index < -0.39 is 13.9 Å². The molecule has 2 N–H and O–H groups in total. The van der Waals surface area contributed by atoms with Crippen LogP contribution in [-0.4, -0.2) is 9.79 Å². The van der Waals surface area contributed by atoms with Crippen LogP contribution in [0.1, 0.15) is 37.4 Å². The van der Waals surface area contributed by atoms with Gasteiger partial charge in [0.25, 0.3) is 0 Å². The lowest BCUT2D eigenvalue weighted by molar-refractivity contribution is 0.125. The van der Waals surface area contributed by atoms with Crippen LogP contribution in [0.4, 0.5) is 0 Å². The van der Waals surface area contributed by atoms with Crippen LogP contribution in [0, 0.1) is 0 Å². The van der Waals surface area contributed by atoms with Crippen molar-refractivity contribution in [3.8, 4) is 0 Å². The predicted octanol–water partition coefficient (Wildman–Crippen LogP) is 3.58. The molecule has 1 aromatic carbocycles. The number of rotatable bonds is 8. The van der Waals surface area contributed by atoms with E-state index in [9.17, 15) is 4.57 Å². The van der Waals surface area contributed by atoms with Gasteiger partial charge in [-0.05, 0) is 24.8 Å². The Labute approximate surface area is 108 Å². The molecule has 1 aromatic rings. The van der Waals surface area contributed by atoms with Crippen LogP contribution in [0.25, 0.3) is 0 Å². The Kier molecular flexibility index (Phi) is 6.30. The average molecular weight is 270 g/mol. The van der Waals surface area contributed by atoms with Crippen LogP contribution in [-0.2, 0) is 9.09 Å². The van der Waals surface area contributed by atoms with Gasteiger partial charge in [-0.3, -0.25) is 4.52 Å². The average Bonchev–Trinajstić information content (AvgIpc) is 2.33. The van der Waals surface area contributed by atoms with Gasteiger partial charge in [0.05, 0.1) is 6.10 Å². The Morgan fingerprint density at radius 3 is 2.50 bits per heavy atom. The SMILES string of the molecule is C=CCCCCC(OP(=O)(O)O)c1ccccc1. The zero-order valence-corrected chi connectivity index (χ0v) is 11.1. The van der Waals surface area contributed by atoms with Gasteiger partial charge in [0.15, 0.2) is 0 Å². The van der Waals surface area contributed by atoms with Crippen LogP contribution in [0.15, 0.2) is 43.0 Å². The number of phosphoric acid groups is 1. The molecule has 0 spiro atoms. The van der Waals surface area contributed by atoms with Gasteiger partial charge in [0.1, 0.15) is 0 Å². The lowest BCUT2D eigenvalue weighted by Gasteiger charge is -2.18. The highest BCUT2D eigenvalue weighted by Gasteiger charge is 2.23. The molecule has 5 heteroatoms. The lowest BCUT2D eigenvalue weighted by atomic mass is 10.0. The van der Waals surface area contributed by atoms with Gasteiger partial charge in [-0.25, -0.2) is 4.57 Å². The minimum Gasteiger partial charge on any atom is -0.303 e. The second-order valence-corrected chi connectivity index (χ2v) is 5.26. The van der Waals surface area contributed by atoms with E-state index in [4.69, 9.17) is 14.3 Å². The zero-order chi connectivity index (χ0) is 13.4. The van der Waals surface area contributed by atoms with Crippen molar-refractivity contribution in [3.05, 3.63) is 48.6 Å². The van der Waals surface area contributed by atoms with Gasteiger partial charge >= 0.3 is 7.82 Å². The topological polar surface area (TPSA) is 66.8 Å². The summed E-state index contributed by atoms with van der Waals surface area (Å²) in [5.74, 6) is 0. The highest BCUT2D eigenvalue weighted by molar-refractivity contribution is 7.46. The summed E-state index contributed by atoms with van der Waals surface area (Å²) < 4.78 is 15.8. The molecular formula is C13H19O4P. The van der Waals surface area contributed by atoms with E-state index in [2.05, 4.69) is 6.58 Å². The summed E-state index contributed by atoms with van der Waals surface area (Å²) in [6.45, 7) is 3.64. The monoisotopic (exact) mass is 270 g/mol. The summed E-state index contributed by atoms with van der Waals surface area (Å²) in [5.41, 5.74) is 0.791. The predicted molar refractivity (Wildman–Crippen MR) is 71.0 cm³/mol. The van der Waals surface area contributed by atoms with E-state index in [-0.39, 0.29) is 0 Å². The molecule has 0 bridgehead atoms. The Bertz CT molecular complexity index is 399. The normalized spacial score (nSPS) is 13.2. The minimum absolute atomic E-state index is 0.558. The van der Waals surface area contributed by atoms with Gasteiger partial charge in [-0.2, -0.15) is 0 Å². The molecule has 0 saturated carbocycles. The van der Waals surface area contributed by atoms with Crippen LogP contribution < -0.4 is 0 Å². The Morgan fingerprint density at radius 2 is 1.94 bits per heavy atom. The van der Waals surface area contributed by atoms with E-state index in [0.717, 1.165) is 24.8 Å². The third kappa shape index (κ3) is 6.12. The number of allylic oxidation sites excluding steroid dienone is 1. The van der Waals surface area contributed by atoms with Crippen LogP contribution in [0.3, 0.4) is 0 Å². The Hall–Kier alpha value is -0.930. The Morgan fingerprint density at radius 1 is 1.28 bits per heavy atom. The Balaban J connectivity index is 2.64. The highest BCUT2D eigenvalue weighted by atomic mass is 31.2. The van der Waals surface area contributed by atoms with E-state index in [1.165, 1.54) is 0 Å². The zero-order valence-electron chi connectivity index (χ0n) is 10.2. The fourth-order valence-electron chi connectivity index (χ4n) is 1.73. The molecular weight excluding hydrogens is 251 g/mol. The molecule has 1 rings (SSSR count). The minimum atomic E-state index is -4.46. The molecule has 0 radical (unpaired) electrons. The van der Waals surface area contributed by atoms with Crippen LogP contribution in [0.5, 0.6) is 0 Å². The first-order valence-corrected chi connectivity index (χ1v) is 7.46. The largest absolute Gasteiger partial charge is 0.470 e. The summed E-state index contributed by atoms with van der Waals surface area (Å²) >= 11 is 0. The molecule has 0 aliphatic heterocycles. The van der Waals surface area contributed by atoms with E-state index in [1.54, 1.807) is 0 Å². The molecule has 0 aliphatic rings. The molecule has 0 aromatic heterocycles. The first kappa shape index (κ1) is 15.1. The smallest absolute Gasteiger partial charge is 0.303 e. The van der Waals surface area contributed by atoms with Gasteiger partial charge in [0, 0.05) is 0 Å². The molecule has 4 nitrogen and oxygen atoms in total. The van der Waals surface area contributed by atoms with Crippen molar-refractivity contribution in [3.63, 3.8) is 0 Å². The van der Waals surface area contributed by atoms with E-state index >= 15 is 0 Å². The summed E-state index contributed by atoms with van der Waals surface area (Å²) in [6.07, 6.45) is 4.54. The lowest BCUT2D eigenvalue weighted by Crippen LogP contribution is -2.03. The molecule has 18 heavy (non-hydrogen) atoms. The van der Waals surface area contributed by atoms with Gasteiger partial charge < -0.3 is 9.79 Å². The molecule has 0 heterocycles. The summed E-state index contributed by atoms with van der Waals surface area (Å²) in [7, 11) is -4.46. The molecule has 0 amide bonds. The first-order valence-electron chi connectivity index (χ1n) is 5.92. The molecule has 0 aliphatic carbocycles. The van der Waals surface area contributed by atoms with Crippen molar-refractivity contribution in [1.82, 2.24) is 0 Å². The molecule has 0 saturated heterocycles. The fraction of sp³-hybridized carbons (Fsp3) is 0.385. The van der Waals surface area contributed by atoms with Crippen molar-refractivity contribution in [2.24, 2.45) is 0 Å².